The van der Waals surface area contributed by atoms with Gasteiger partial charge in [0.05, 0.1) is 28.8 Å². The van der Waals surface area contributed by atoms with Crippen LogP contribution in [0.5, 0.6) is 5.75 Å². The van der Waals surface area contributed by atoms with Crippen LogP contribution in [0, 0.1) is 11.3 Å². The van der Waals surface area contributed by atoms with Crippen molar-refractivity contribution in [1.29, 1.82) is 5.26 Å². The predicted octanol–water partition coefficient (Wildman–Crippen LogP) is 6.22. The number of rotatable bonds is 3. The smallest absolute Gasteiger partial charge is 0.126 e. The van der Waals surface area contributed by atoms with Gasteiger partial charge in [0.25, 0.3) is 0 Å². The summed E-state index contributed by atoms with van der Waals surface area (Å²) in [4.78, 5) is 0. The van der Waals surface area contributed by atoms with Crippen molar-refractivity contribution in [3.05, 3.63) is 75.8 Å². The fraction of sp³-hybridized carbons (Fsp3) is 0.0500. The summed E-state index contributed by atoms with van der Waals surface area (Å²) in [6.45, 7) is 0. The molecule has 0 aliphatic carbocycles. The van der Waals surface area contributed by atoms with Gasteiger partial charge in [-0.1, -0.05) is 59.6 Å². The molecule has 3 aromatic carbocycles. The van der Waals surface area contributed by atoms with Gasteiger partial charge < -0.3 is 4.74 Å². The van der Waals surface area contributed by atoms with Crippen molar-refractivity contribution in [2.45, 2.75) is 0 Å². The molecular formula is C20H13Cl2NO. The number of hydrogen-bond acceptors (Lipinski definition) is 2. The van der Waals surface area contributed by atoms with E-state index < -0.39 is 0 Å². The van der Waals surface area contributed by atoms with Crippen molar-refractivity contribution in [2.24, 2.45) is 0 Å². The first kappa shape index (κ1) is 16.4. The molecule has 0 aliphatic heterocycles. The average Bonchev–Trinajstić information content (AvgIpc) is 2.62. The molecular weight excluding hydrogens is 341 g/mol. The molecule has 0 aliphatic rings. The molecule has 0 bridgehead atoms. The topological polar surface area (TPSA) is 33.0 Å². The second kappa shape index (κ2) is 6.97. The molecule has 0 saturated carbocycles. The summed E-state index contributed by atoms with van der Waals surface area (Å²) in [6.07, 6.45) is 1.82. The molecule has 0 amide bonds. The third kappa shape index (κ3) is 3.10. The van der Waals surface area contributed by atoms with E-state index in [0.717, 1.165) is 16.3 Å². The monoisotopic (exact) mass is 353 g/mol. The summed E-state index contributed by atoms with van der Waals surface area (Å²) >= 11 is 12.0. The Bertz CT molecular complexity index is 987. The van der Waals surface area contributed by atoms with Gasteiger partial charge in [0.2, 0.25) is 0 Å². The Morgan fingerprint density at radius 3 is 2.54 bits per heavy atom. The Morgan fingerprint density at radius 1 is 1.04 bits per heavy atom. The summed E-state index contributed by atoms with van der Waals surface area (Å²) in [5.41, 5.74) is 2.06. The van der Waals surface area contributed by atoms with E-state index in [4.69, 9.17) is 27.9 Å². The van der Waals surface area contributed by atoms with Crippen LogP contribution < -0.4 is 4.74 Å². The maximum Gasteiger partial charge on any atom is 0.126 e. The van der Waals surface area contributed by atoms with Crippen LogP contribution in [0.2, 0.25) is 10.0 Å². The highest BCUT2D eigenvalue weighted by Crippen LogP contribution is 2.33. The van der Waals surface area contributed by atoms with Crippen molar-refractivity contribution in [3.63, 3.8) is 0 Å². The Morgan fingerprint density at radius 2 is 1.83 bits per heavy atom. The number of methoxy groups -OCH3 is 1. The molecule has 0 atom stereocenters. The van der Waals surface area contributed by atoms with Crippen molar-refractivity contribution in [3.8, 4) is 11.8 Å². The zero-order valence-corrected chi connectivity index (χ0v) is 14.4. The van der Waals surface area contributed by atoms with Gasteiger partial charge in [-0.15, -0.1) is 0 Å². The zero-order valence-electron chi connectivity index (χ0n) is 12.9. The lowest BCUT2D eigenvalue weighted by molar-refractivity contribution is 0.414. The highest BCUT2D eigenvalue weighted by molar-refractivity contribution is 6.42. The van der Waals surface area contributed by atoms with Gasteiger partial charge >= 0.3 is 0 Å². The predicted molar refractivity (Wildman–Crippen MR) is 100 cm³/mol. The number of nitriles is 1. The molecule has 2 nitrogen and oxygen atoms in total. The molecule has 0 aromatic heterocycles. The van der Waals surface area contributed by atoms with E-state index in [1.807, 2.05) is 42.5 Å². The fourth-order valence-corrected chi connectivity index (χ4v) is 2.89. The van der Waals surface area contributed by atoms with Crippen molar-refractivity contribution >= 4 is 45.6 Å². The first-order valence-corrected chi connectivity index (χ1v) is 8.02. The summed E-state index contributed by atoms with van der Waals surface area (Å²) in [5.74, 6) is 0.710. The van der Waals surface area contributed by atoms with Crippen LogP contribution in [-0.2, 0) is 0 Å². The van der Waals surface area contributed by atoms with Crippen LogP contribution >= 0.6 is 23.2 Å². The van der Waals surface area contributed by atoms with Crippen LogP contribution in [0.15, 0.2) is 54.6 Å². The third-order valence-corrected chi connectivity index (χ3v) is 4.53. The van der Waals surface area contributed by atoms with Crippen LogP contribution in [-0.4, -0.2) is 7.11 Å². The van der Waals surface area contributed by atoms with E-state index in [1.54, 1.807) is 25.3 Å². The molecule has 0 heterocycles. The minimum Gasteiger partial charge on any atom is -0.496 e. The molecule has 0 saturated heterocycles. The van der Waals surface area contributed by atoms with Gasteiger partial charge in [-0.25, -0.2) is 0 Å². The number of hydrogen-bond donors (Lipinski definition) is 0. The molecule has 0 fully saturated rings. The quantitative estimate of drug-likeness (QED) is 0.413. The SMILES string of the molecule is COc1ccc2ccccc2c1/C=C(\C#N)c1ccc(Cl)c(Cl)c1. The normalized spacial score (nSPS) is 11.3. The highest BCUT2D eigenvalue weighted by Gasteiger charge is 2.10. The Kier molecular flexibility index (Phi) is 4.76. The molecule has 3 rings (SSSR count). The van der Waals surface area contributed by atoms with Gasteiger partial charge in [0.1, 0.15) is 5.75 Å². The first-order valence-electron chi connectivity index (χ1n) is 7.27. The number of fused-ring (bicyclic) bond motifs is 1. The van der Waals surface area contributed by atoms with E-state index >= 15 is 0 Å². The maximum absolute atomic E-state index is 9.60. The van der Waals surface area contributed by atoms with Crippen molar-refractivity contribution in [1.82, 2.24) is 0 Å². The molecule has 3 aromatic rings. The second-order valence-electron chi connectivity index (χ2n) is 5.20. The number of allylic oxidation sites excluding steroid dienone is 1. The lowest BCUT2D eigenvalue weighted by atomic mass is 9.98. The maximum atomic E-state index is 9.60. The third-order valence-electron chi connectivity index (χ3n) is 3.79. The van der Waals surface area contributed by atoms with E-state index in [2.05, 4.69) is 6.07 Å². The molecule has 0 spiro atoms. The van der Waals surface area contributed by atoms with Crippen LogP contribution in [0.3, 0.4) is 0 Å². The van der Waals surface area contributed by atoms with Crippen LogP contribution in [0.1, 0.15) is 11.1 Å². The van der Waals surface area contributed by atoms with E-state index in [1.165, 1.54) is 0 Å². The van der Waals surface area contributed by atoms with Gasteiger partial charge in [0.15, 0.2) is 0 Å². The largest absolute Gasteiger partial charge is 0.496 e. The van der Waals surface area contributed by atoms with E-state index in [9.17, 15) is 5.26 Å². The average molecular weight is 354 g/mol. The fourth-order valence-electron chi connectivity index (χ4n) is 2.59. The summed E-state index contributed by atoms with van der Waals surface area (Å²) in [5, 5.41) is 12.6. The van der Waals surface area contributed by atoms with Gasteiger partial charge in [0, 0.05) is 5.56 Å². The van der Waals surface area contributed by atoms with Crippen LogP contribution in [0.25, 0.3) is 22.4 Å². The van der Waals surface area contributed by atoms with E-state index in [-0.39, 0.29) is 0 Å². The Hall–Kier alpha value is -2.47. The van der Waals surface area contributed by atoms with Gasteiger partial charge in [-0.3, -0.25) is 0 Å². The highest BCUT2D eigenvalue weighted by atomic mass is 35.5. The summed E-state index contributed by atoms with van der Waals surface area (Å²) < 4.78 is 5.48. The Labute approximate surface area is 150 Å². The van der Waals surface area contributed by atoms with Crippen LogP contribution in [0.4, 0.5) is 0 Å². The van der Waals surface area contributed by atoms with Crippen molar-refractivity contribution < 1.29 is 4.74 Å². The number of nitrogens with zero attached hydrogens (tertiary/aromatic N) is 1. The van der Waals surface area contributed by atoms with Crippen molar-refractivity contribution in [2.75, 3.05) is 7.11 Å². The number of benzene rings is 3. The number of halogens is 2. The lowest BCUT2D eigenvalue weighted by Gasteiger charge is -2.10. The lowest BCUT2D eigenvalue weighted by Crippen LogP contribution is -1.90. The van der Waals surface area contributed by atoms with Gasteiger partial charge in [-0.2, -0.15) is 5.26 Å². The minimum absolute atomic E-state index is 0.417. The standard InChI is InChI=1S/C20H13Cl2NO/c1-24-20-9-7-13-4-2-3-5-16(13)17(20)10-15(12-23)14-6-8-18(21)19(22)11-14/h2-11H,1H3/b15-10+. The first-order chi connectivity index (χ1) is 11.6. The molecule has 0 N–H and O–H groups in total. The summed E-state index contributed by atoms with van der Waals surface area (Å²) in [7, 11) is 1.62. The summed E-state index contributed by atoms with van der Waals surface area (Å²) in [6, 6.07) is 19.3. The van der Waals surface area contributed by atoms with Gasteiger partial charge in [-0.05, 0) is 40.6 Å². The molecule has 4 heteroatoms. The molecule has 24 heavy (non-hydrogen) atoms. The minimum atomic E-state index is 0.417. The number of ether oxygens (including phenoxy) is 1. The molecule has 0 radical (unpaired) electrons. The molecule has 118 valence electrons. The van der Waals surface area contributed by atoms with E-state index in [0.29, 0.717) is 26.9 Å². The zero-order chi connectivity index (χ0) is 17.1. The second-order valence-corrected chi connectivity index (χ2v) is 6.02. The molecule has 0 unspecified atom stereocenters. The Balaban J connectivity index is 2.23.